The summed E-state index contributed by atoms with van der Waals surface area (Å²) in [6.45, 7) is 8.28. The van der Waals surface area contributed by atoms with Gasteiger partial charge in [-0.1, -0.05) is 26.2 Å². The number of aryl methyl sites for hydroxylation is 1. The Morgan fingerprint density at radius 2 is 1.75 bits per heavy atom. The monoisotopic (exact) mass is 276 g/mol. The van der Waals surface area contributed by atoms with Gasteiger partial charge in [-0.15, -0.1) is 0 Å². The summed E-state index contributed by atoms with van der Waals surface area (Å²) >= 11 is 0. The molecule has 1 fully saturated rings. The average Bonchev–Trinajstić information content (AvgIpc) is 2.45. The third kappa shape index (κ3) is 4.36. The molecule has 0 unspecified atom stereocenters. The van der Waals surface area contributed by atoms with Gasteiger partial charge in [0.05, 0.1) is 0 Å². The maximum absolute atomic E-state index is 4.51. The van der Waals surface area contributed by atoms with Crippen molar-refractivity contribution >= 4 is 11.8 Å². The van der Waals surface area contributed by atoms with Crippen LogP contribution in [0.15, 0.2) is 6.07 Å². The molecule has 4 heteroatoms. The van der Waals surface area contributed by atoms with Crippen molar-refractivity contribution in [2.75, 3.05) is 23.7 Å². The Bertz CT molecular complexity index is 411. The summed E-state index contributed by atoms with van der Waals surface area (Å²) in [5.74, 6) is 3.44. The maximum atomic E-state index is 4.51. The summed E-state index contributed by atoms with van der Waals surface area (Å²) in [5.41, 5.74) is 1.01. The topological polar surface area (TPSA) is 49.8 Å². The minimum Gasteiger partial charge on any atom is -0.370 e. The Morgan fingerprint density at radius 1 is 1.05 bits per heavy atom. The smallest absolute Gasteiger partial charge is 0.224 e. The molecule has 0 aromatic carbocycles. The fraction of sp³-hybridized carbons (Fsp3) is 0.750. The summed E-state index contributed by atoms with van der Waals surface area (Å²) < 4.78 is 0. The number of nitrogens with zero attached hydrogens (tertiary/aromatic N) is 2. The fourth-order valence-corrected chi connectivity index (χ4v) is 2.99. The van der Waals surface area contributed by atoms with Crippen LogP contribution in [-0.4, -0.2) is 23.1 Å². The molecule has 0 bridgehead atoms. The van der Waals surface area contributed by atoms with Crippen molar-refractivity contribution in [3.63, 3.8) is 0 Å². The Balaban J connectivity index is 1.84. The number of rotatable bonds is 6. The third-order valence-electron chi connectivity index (χ3n) is 4.30. The highest BCUT2D eigenvalue weighted by atomic mass is 15.1. The van der Waals surface area contributed by atoms with Gasteiger partial charge < -0.3 is 10.6 Å². The van der Waals surface area contributed by atoms with Crippen molar-refractivity contribution in [1.82, 2.24) is 9.97 Å². The lowest BCUT2D eigenvalue weighted by atomic mass is 9.81. The van der Waals surface area contributed by atoms with Gasteiger partial charge >= 0.3 is 0 Å². The molecular weight excluding hydrogens is 248 g/mol. The highest BCUT2D eigenvalue weighted by molar-refractivity contribution is 5.42. The van der Waals surface area contributed by atoms with Gasteiger partial charge in [-0.05, 0) is 38.5 Å². The van der Waals surface area contributed by atoms with Gasteiger partial charge in [0.2, 0.25) is 5.95 Å². The van der Waals surface area contributed by atoms with E-state index in [1.54, 1.807) is 0 Å². The average molecular weight is 276 g/mol. The Hall–Kier alpha value is -1.32. The van der Waals surface area contributed by atoms with Crippen LogP contribution in [0.3, 0.4) is 0 Å². The fourth-order valence-electron chi connectivity index (χ4n) is 2.99. The Morgan fingerprint density at radius 3 is 2.40 bits per heavy atom. The molecule has 1 aromatic heterocycles. The van der Waals surface area contributed by atoms with E-state index in [0.29, 0.717) is 0 Å². The molecule has 2 N–H and O–H groups in total. The van der Waals surface area contributed by atoms with Gasteiger partial charge in [0.1, 0.15) is 5.82 Å². The molecule has 0 spiro atoms. The quantitative estimate of drug-likeness (QED) is 0.828. The van der Waals surface area contributed by atoms with Gasteiger partial charge in [0.25, 0.3) is 0 Å². The van der Waals surface area contributed by atoms with E-state index >= 15 is 0 Å². The molecule has 1 aromatic rings. The van der Waals surface area contributed by atoms with Crippen LogP contribution in [0.2, 0.25) is 0 Å². The third-order valence-corrected chi connectivity index (χ3v) is 4.30. The lowest BCUT2D eigenvalue weighted by Crippen LogP contribution is -2.21. The first-order chi connectivity index (χ1) is 9.71. The molecular formula is C16H28N4. The number of hydrogen-bond acceptors (Lipinski definition) is 4. The molecule has 0 atom stereocenters. The zero-order valence-corrected chi connectivity index (χ0v) is 13.1. The van der Waals surface area contributed by atoms with Crippen LogP contribution >= 0.6 is 0 Å². The highest BCUT2D eigenvalue weighted by Crippen LogP contribution is 2.30. The molecule has 1 aliphatic carbocycles. The molecule has 0 radical (unpaired) electrons. The maximum Gasteiger partial charge on any atom is 0.224 e. The van der Waals surface area contributed by atoms with Crippen molar-refractivity contribution in [3.8, 4) is 0 Å². The van der Waals surface area contributed by atoms with Crippen LogP contribution < -0.4 is 10.6 Å². The van der Waals surface area contributed by atoms with E-state index in [1.165, 1.54) is 32.1 Å². The molecule has 1 aliphatic rings. The molecule has 4 nitrogen and oxygen atoms in total. The summed E-state index contributed by atoms with van der Waals surface area (Å²) in [6.07, 6.45) is 6.85. The predicted molar refractivity (Wildman–Crippen MR) is 85.2 cm³/mol. The lowest BCUT2D eigenvalue weighted by Gasteiger charge is -2.28. The molecule has 0 amide bonds. The van der Waals surface area contributed by atoms with E-state index in [0.717, 1.165) is 42.4 Å². The lowest BCUT2D eigenvalue weighted by molar-refractivity contribution is 0.278. The molecule has 112 valence electrons. The van der Waals surface area contributed by atoms with Crippen LogP contribution in [0.5, 0.6) is 0 Å². The molecule has 0 saturated heterocycles. The second kappa shape index (κ2) is 7.46. The van der Waals surface area contributed by atoms with Crippen molar-refractivity contribution in [2.24, 2.45) is 11.8 Å². The molecule has 2 rings (SSSR count). The van der Waals surface area contributed by atoms with Gasteiger partial charge in [-0.2, -0.15) is 4.98 Å². The van der Waals surface area contributed by atoms with E-state index in [2.05, 4.69) is 34.4 Å². The summed E-state index contributed by atoms with van der Waals surface area (Å²) in [5, 5.41) is 6.67. The Labute approximate surface area is 122 Å². The first-order valence-electron chi connectivity index (χ1n) is 8.04. The number of hydrogen-bond donors (Lipinski definition) is 2. The first kappa shape index (κ1) is 15.1. The van der Waals surface area contributed by atoms with E-state index in [1.807, 2.05) is 13.0 Å². The number of nitrogens with one attached hydrogen (secondary N) is 2. The molecule has 0 aliphatic heterocycles. The van der Waals surface area contributed by atoms with E-state index in [-0.39, 0.29) is 0 Å². The van der Waals surface area contributed by atoms with Crippen LogP contribution in [0.4, 0.5) is 11.8 Å². The van der Waals surface area contributed by atoms with Gasteiger partial charge in [0.15, 0.2) is 0 Å². The standard InChI is InChI=1S/C16H28N4/c1-4-13-6-8-14(9-7-13)11-18-15-10-12(3)19-16(20-15)17-5-2/h10,13-14H,4-9,11H2,1-3H3,(H2,17,18,19,20). The first-order valence-corrected chi connectivity index (χ1v) is 8.04. The summed E-state index contributed by atoms with van der Waals surface area (Å²) in [6, 6.07) is 2.03. The normalized spacial score (nSPS) is 22.6. The molecule has 1 heterocycles. The molecule has 1 saturated carbocycles. The highest BCUT2D eigenvalue weighted by Gasteiger charge is 2.19. The number of anilines is 2. The van der Waals surface area contributed by atoms with E-state index in [4.69, 9.17) is 0 Å². The largest absolute Gasteiger partial charge is 0.370 e. The summed E-state index contributed by atoms with van der Waals surface area (Å²) in [4.78, 5) is 8.88. The van der Waals surface area contributed by atoms with E-state index in [9.17, 15) is 0 Å². The Kier molecular flexibility index (Phi) is 5.62. The second-order valence-electron chi connectivity index (χ2n) is 5.92. The minimum absolute atomic E-state index is 0.727. The van der Waals surface area contributed by atoms with Gasteiger partial charge in [0, 0.05) is 24.8 Å². The van der Waals surface area contributed by atoms with Gasteiger partial charge in [-0.3, -0.25) is 0 Å². The summed E-state index contributed by atoms with van der Waals surface area (Å²) in [7, 11) is 0. The zero-order chi connectivity index (χ0) is 14.4. The van der Waals surface area contributed by atoms with Crippen molar-refractivity contribution in [3.05, 3.63) is 11.8 Å². The second-order valence-corrected chi connectivity index (χ2v) is 5.92. The molecule has 20 heavy (non-hydrogen) atoms. The minimum atomic E-state index is 0.727. The zero-order valence-electron chi connectivity index (χ0n) is 13.1. The van der Waals surface area contributed by atoms with Crippen LogP contribution in [0.25, 0.3) is 0 Å². The van der Waals surface area contributed by atoms with Gasteiger partial charge in [-0.25, -0.2) is 4.98 Å². The van der Waals surface area contributed by atoms with Crippen LogP contribution in [0, 0.1) is 18.8 Å². The van der Waals surface area contributed by atoms with E-state index < -0.39 is 0 Å². The van der Waals surface area contributed by atoms with Crippen molar-refractivity contribution < 1.29 is 0 Å². The predicted octanol–water partition coefficient (Wildman–Crippen LogP) is 3.85. The van der Waals surface area contributed by atoms with Crippen LogP contribution in [0.1, 0.15) is 51.6 Å². The van der Waals surface area contributed by atoms with Crippen molar-refractivity contribution in [2.45, 2.75) is 52.9 Å². The number of aromatic nitrogens is 2. The van der Waals surface area contributed by atoms with Crippen LogP contribution in [-0.2, 0) is 0 Å². The van der Waals surface area contributed by atoms with Crippen molar-refractivity contribution in [1.29, 1.82) is 0 Å². The SMILES string of the molecule is CCNc1nc(C)cc(NCC2CCC(CC)CC2)n1.